The Labute approximate surface area is 120 Å². The van der Waals surface area contributed by atoms with Crippen molar-refractivity contribution in [3.63, 3.8) is 0 Å². The predicted molar refractivity (Wildman–Crippen MR) is 82.8 cm³/mol. The van der Waals surface area contributed by atoms with Crippen LogP contribution in [-0.2, 0) is 4.79 Å². The highest BCUT2D eigenvalue weighted by molar-refractivity contribution is 6.16. The van der Waals surface area contributed by atoms with Gasteiger partial charge < -0.3 is 5.73 Å². The van der Waals surface area contributed by atoms with E-state index in [4.69, 9.17) is 5.73 Å². The first-order valence-corrected chi connectivity index (χ1v) is 7.15. The lowest BCUT2D eigenvalue weighted by Crippen LogP contribution is -2.30. The van der Waals surface area contributed by atoms with E-state index < -0.39 is 0 Å². The van der Waals surface area contributed by atoms with Crippen molar-refractivity contribution in [3.8, 4) is 0 Å². The molecule has 0 radical (unpaired) electrons. The highest BCUT2D eigenvalue weighted by Gasteiger charge is 2.37. The van der Waals surface area contributed by atoms with Crippen LogP contribution in [0.2, 0.25) is 0 Å². The van der Waals surface area contributed by atoms with E-state index in [0.29, 0.717) is 13.0 Å². The number of hydrogen-bond donors (Lipinski definition) is 1. The number of hydrogen-bond acceptors (Lipinski definition) is 3. The maximum absolute atomic E-state index is 12.6. The number of benzene rings is 1. The van der Waals surface area contributed by atoms with E-state index >= 15 is 0 Å². The molecule has 1 aromatic carbocycles. The summed E-state index contributed by atoms with van der Waals surface area (Å²) in [6.45, 7) is 8.70. The minimum atomic E-state index is -0.166. The Morgan fingerprint density at radius 2 is 2.05 bits per heavy atom. The average Bonchev–Trinajstić information content (AvgIpc) is 2.68. The lowest BCUT2D eigenvalue weighted by Gasteiger charge is -2.16. The van der Waals surface area contributed by atoms with Crippen molar-refractivity contribution >= 4 is 17.3 Å². The molecule has 4 nitrogen and oxygen atoms in total. The van der Waals surface area contributed by atoms with Gasteiger partial charge in [-0.15, -0.1) is 0 Å². The van der Waals surface area contributed by atoms with Gasteiger partial charge in [-0.3, -0.25) is 4.79 Å². The first-order valence-electron chi connectivity index (χ1n) is 7.15. The van der Waals surface area contributed by atoms with E-state index in [-0.39, 0.29) is 17.7 Å². The summed E-state index contributed by atoms with van der Waals surface area (Å²) in [5.41, 5.74) is 9.71. The Balaban J connectivity index is 2.40. The minimum absolute atomic E-state index is 0.0473. The molecule has 0 spiro atoms. The van der Waals surface area contributed by atoms with Crippen LogP contribution in [0.5, 0.6) is 0 Å². The fraction of sp³-hybridized carbons (Fsp3) is 0.500. The standard InChI is InChI=1S/C16H23N3O/c1-10(2)15-13(7-8-17)16(20)19(18-15)14-6-5-11(3)9-12(14)4/h5-6,9-10,13H,7-8,17H2,1-4H3. The zero-order valence-electron chi connectivity index (χ0n) is 12.7. The van der Waals surface area contributed by atoms with E-state index in [9.17, 15) is 4.79 Å². The number of nitrogens with zero attached hydrogens (tertiary/aromatic N) is 2. The van der Waals surface area contributed by atoms with Gasteiger partial charge in [0.25, 0.3) is 5.91 Å². The number of amides is 1. The van der Waals surface area contributed by atoms with Gasteiger partial charge >= 0.3 is 0 Å². The van der Waals surface area contributed by atoms with Crippen molar-refractivity contribution in [2.24, 2.45) is 22.7 Å². The molecule has 1 atom stereocenters. The van der Waals surface area contributed by atoms with Gasteiger partial charge in [0.05, 0.1) is 17.3 Å². The Hall–Kier alpha value is -1.68. The molecule has 0 fully saturated rings. The van der Waals surface area contributed by atoms with Crippen molar-refractivity contribution < 1.29 is 4.79 Å². The molecule has 1 unspecified atom stereocenters. The van der Waals surface area contributed by atoms with Gasteiger partial charge in [0.1, 0.15) is 0 Å². The maximum atomic E-state index is 12.6. The van der Waals surface area contributed by atoms with Crippen LogP contribution in [0, 0.1) is 25.7 Å². The number of hydrazone groups is 1. The molecule has 2 rings (SSSR count). The third-order valence-electron chi connectivity index (χ3n) is 3.71. The summed E-state index contributed by atoms with van der Waals surface area (Å²) in [5.74, 6) is 0.137. The molecule has 1 aromatic rings. The summed E-state index contributed by atoms with van der Waals surface area (Å²) in [6.07, 6.45) is 0.664. The van der Waals surface area contributed by atoms with Crippen molar-refractivity contribution in [1.82, 2.24) is 0 Å². The van der Waals surface area contributed by atoms with Crippen LogP contribution in [0.3, 0.4) is 0 Å². The summed E-state index contributed by atoms with van der Waals surface area (Å²) < 4.78 is 0. The maximum Gasteiger partial charge on any atom is 0.256 e. The van der Waals surface area contributed by atoms with Crippen LogP contribution in [0.25, 0.3) is 0 Å². The first kappa shape index (κ1) is 14.7. The van der Waals surface area contributed by atoms with Crippen molar-refractivity contribution in [1.29, 1.82) is 0 Å². The summed E-state index contributed by atoms with van der Waals surface area (Å²) in [5, 5.41) is 6.13. The Kier molecular flexibility index (Phi) is 4.23. The highest BCUT2D eigenvalue weighted by Crippen LogP contribution is 2.30. The number of nitrogens with two attached hydrogens (primary N) is 1. The van der Waals surface area contributed by atoms with Crippen molar-refractivity contribution in [2.75, 3.05) is 11.6 Å². The fourth-order valence-corrected chi connectivity index (χ4v) is 2.68. The largest absolute Gasteiger partial charge is 0.330 e. The Morgan fingerprint density at radius 1 is 1.35 bits per heavy atom. The monoisotopic (exact) mass is 273 g/mol. The summed E-state index contributed by atoms with van der Waals surface area (Å²) in [7, 11) is 0. The van der Waals surface area contributed by atoms with Gasteiger partial charge in [-0.1, -0.05) is 31.5 Å². The van der Waals surface area contributed by atoms with Gasteiger partial charge in [0.2, 0.25) is 0 Å². The lowest BCUT2D eigenvalue weighted by atomic mass is 9.92. The molecule has 108 valence electrons. The molecule has 1 amide bonds. The zero-order chi connectivity index (χ0) is 14.9. The van der Waals surface area contributed by atoms with Crippen LogP contribution >= 0.6 is 0 Å². The normalized spacial score (nSPS) is 18.9. The molecule has 0 aliphatic carbocycles. The molecule has 4 heteroatoms. The Bertz CT molecular complexity index is 549. The molecule has 1 heterocycles. The van der Waals surface area contributed by atoms with Crippen LogP contribution in [0.15, 0.2) is 23.3 Å². The Morgan fingerprint density at radius 3 is 2.60 bits per heavy atom. The molecule has 0 bridgehead atoms. The van der Waals surface area contributed by atoms with Crippen LogP contribution in [-0.4, -0.2) is 18.2 Å². The second-order valence-electron chi connectivity index (χ2n) is 5.75. The second kappa shape index (κ2) is 5.75. The van der Waals surface area contributed by atoms with Crippen LogP contribution in [0.1, 0.15) is 31.4 Å². The molecule has 0 saturated heterocycles. The van der Waals surface area contributed by atoms with Gasteiger partial charge in [-0.05, 0) is 44.4 Å². The quantitative estimate of drug-likeness (QED) is 0.916. The zero-order valence-corrected chi connectivity index (χ0v) is 12.7. The van der Waals surface area contributed by atoms with Gasteiger partial charge in [0.15, 0.2) is 0 Å². The predicted octanol–water partition coefficient (Wildman–Crippen LogP) is 2.63. The number of aryl methyl sites for hydroxylation is 2. The van der Waals surface area contributed by atoms with Crippen LogP contribution in [0.4, 0.5) is 5.69 Å². The van der Waals surface area contributed by atoms with Crippen LogP contribution < -0.4 is 10.7 Å². The van der Waals surface area contributed by atoms with E-state index in [1.807, 2.05) is 26.0 Å². The second-order valence-corrected chi connectivity index (χ2v) is 5.75. The molecule has 2 N–H and O–H groups in total. The van der Waals surface area contributed by atoms with Gasteiger partial charge in [0, 0.05) is 0 Å². The smallest absolute Gasteiger partial charge is 0.256 e. The molecule has 1 aliphatic rings. The third-order valence-corrected chi connectivity index (χ3v) is 3.71. The minimum Gasteiger partial charge on any atom is -0.330 e. The first-order chi connectivity index (χ1) is 9.45. The summed E-state index contributed by atoms with van der Waals surface area (Å²) in [6, 6.07) is 6.05. The number of carbonyl (C=O) groups excluding carboxylic acids is 1. The van der Waals surface area contributed by atoms with Gasteiger partial charge in [-0.2, -0.15) is 10.1 Å². The summed E-state index contributed by atoms with van der Waals surface area (Å²) in [4.78, 5) is 12.6. The van der Waals surface area contributed by atoms with Gasteiger partial charge in [-0.25, -0.2) is 0 Å². The third kappa shape index (κ3) is 2.61. The molecule has 1 aliphatic heterocycles. The number of rotatable bonds is 4. The lowest BCUT2D eigenvalue weighted by molar-refractivity contribution is -0.119. The van der Waals surface area contributed by atoms with E-state index in [0.717, 1.165) is 17.0 Å². The SMILES string of the molecule is Cc1ccc(N2N=C(C(C)C)C(CCN)C2=O)c(C)c1. The van der Waals surface area contributed by atoms with E-state index in [1.54, 1.807) is 5.01 Å². The molecular weight excluding hydrogens is 250 g/mol. The fourth-order valence-electron chi connectivity index (χ4n) is 2.68. The summed E-state index contributed by atoms with van der Waals surface area (Å²) >= 11 is 0. The topological polar surface area (TPSA) is 58.7 Å². The molecular formula is C16H23N3O. The van der Waals surface area contributed by atoms with Crippen molar-refractivity contribution in [3.05, 3.63) is 29.3 Å². The van der Waals surface area contributed by atoms with E-state index in [1.165, 1.54) is 5.56 Å². The molecule has 0 saturated carbocycles. The molecule has 20 heavy (non-hydrogen) atoms. The average molecular weight is 273 g/mol. The number of carbonyl (C=O) groups is 1. The van der Waals surface area contributed by atoms with E-state index in [2.05, 4.69) is 25.0 Å². The number of anilines is 1. The highest BCUT2D eigenvalue weighted by atomic mass is 16.2. The van der Waals surface area contributed by atoms with Crippen molar-refractivity contribution in [2.45, 2.75) is 34.1 Å². The molecule has 0 aromatic heterocycles.